The van der Waals surface area contributed by atoms with Crippen LogP contribution in [-0.4, -0.2) is 49.0 Å². The van der Waals surface area contributed by atoms with Crippen LogP contribution in [0.5, 0.6) is 0 Å². The Hall–Kier alpha value is -1.47. The summed E-state index contributed by atoms with van der Waals surface area (Å²) in [6.07, 6.45) is 6.69. The fourth-order valence-corrected chi connectivity index (χ4v) is 3.77. The molecule has 1 fully saturated rings. The van der Waals surface area contributed by atoms with Crippen LogP contribution in [0.4, 0.5) is 0 Å². The second kappa shape index (κ2) is 7.19. The van der Waals surface area contributed by atoms with E-state index in [1.54, 1.807) is 18.5 Å². The summed E-state index contributed by atoms with van der Waals surface area (Å²) in [5, 5.41) is 2.99. The number of hydrogen-bond donors (Lipinski definition) is 1. The molecule has 0 radical (unpaired) electrons. The van der Waals surface area contributed by atoms with Gasteiger partial charge in [0.1, 0.15) is 0 Å². The van der Waals surface area contributed by atoms with Gasteiger partial charge in [-0.1, -0.05) is 19.4 Å². The number of carbonyl (C=O) groups excluding carboxylic acids is 1. The van der Waals surface area contributed by atoms with Crippen LogP contribution >= 0.6 is 0 Å². The summed E-state index contributed by atoms with van der Waals surface area (Å²) in [5.74, 6) is 0.0898. The number of pyridine rings is 1. The molecule has 2 rings (SSSR count). The van der Waals surface area contributed by atoms with Crippen molar-refractivity contribution in [1.29, 1.82) is 0 Å². The van der Waals surface area contributed by atoms with Gasteiger partial charge >= 0.3 is 0 Å². The summed E-state index contributed by atoms with van der Waals surface area (Å²) >= 11 is 0. The van der Waals surface area contributed by atoms with Gasteiger partial charge in [-0.3, -0.25) is 9.78 Å². The summed E-state index contributed by atoms with van der Waals surface area (Å²) in [6.45, 7) is 2.92. The summed E-state index contributed by atoms with van der Waals surface area (Å²) in [5.41, 5.74) is 0.852. The molecule has 0 bridgehead atoms. The molecule has 1 aliphatic heterocycles. The molecule has 1 aliphatic rings. The van der Waals surface area contributed by atoms with E-state index < -0.39 is 10.0 Å². The Kier molecular flexibility index (Phi) is 5.52. The monoisotopic (exact) mass is 325 g/mol. The van der Waals surface area contributed by atoms with E-state index in [-0.39, 0.29) is 24.3 Å². The molecule has 2 atom stereocenters. The molecule has 1 saturated heterocycles. The topological polar surface area (TPSA) is 79.4 Å². The Morgan fingerprint density at radius 3 is 2.82 bits per heavy atom. The van der Waals surface area contributed by atoms with Crippen molar-refractivity contribution in [2.75, 3.05) is 19.3 Å². The predicted molar refractivity (Wildman–Crippen MR) is 84.7 cm³/mol. The third kappa shape index (κ3) is 4.51. The van der Waals surface area contributed by atoms with Gasteiger partial charge in [-0.05, 0) is 24.0 Å². The van der Waals surface area contributed by atoms with E-state index in [1.807, 2.05) is 6.07 Å². The van der Waals surface area contributed by atoms with Gasteiger partial charge in [0.15, 0.2) is 0 Å². The first-order chi connectivity index (χ1) is 10.4. The van der Waals surface area contributed by atoms with E-state index in [4.69, 9.17) is 0 Å². The molecule has 0 unspecified atom stereocenters. The van der Waals surface area contributed by atoms with Gasteiger partial charge in [0.05, 0.1) is 12.7 Å². The van der Waals surface area contributed by atoms with Crippen molar-refractivity contribution >= 4 is 15.9 Å². The second-order valence-electron chi connectivity index (χ2n) is 5.84. The maximum Gasteiger partial charge on any atom is 0.224 e. The van der Waals surface area contributed by atoms with Gasteiger partial charge in [0, 0.05) is 31.5 Å². The van der Waals surface area contributed by atoms with Gasteiger partial charge < -0.3 is 5.32 Å². The van der Waals surface area contributed by atoms with Crippen LogP contribution in [0.1, 0.15) is 25.3 Å². The Labute approximate surface area is 132 Å². The molecular formula is C15H23N3O3S. The number of hydrogen-bond acceptors (Lipinski definition) is 4. The van der Waals surface area contributed by atoms with Gasteiger partial charge in [-0.15, -0.1) is 0 Å². The predicted octanol–water partition coefficient (Wildman–Crippen LogP) is 0.800. The molecule has 0 saturated carbocycles. The Morgan fingerprint density at radius 2 is 2.23 bits per heavy atom. The smallest absolute Gasteiger partial charge is 0.224 e. The van der Waals surface area contributed by atoms with Gasteiger partial charge in [0.25, 0.3) is 0 Å². The molecule has 0 aromatic carbocycles. The normalized spacial score (nSPS) is 22.6. The molecule has 0 spiro atoms. The Morgan fingerprint density at radius 1 is 1.45 bits per heavy atom. The van der Waals surface area contributed by atoms with Crippen molar-refractivity contribution in [3.63, 3.8) is 0 Å². The van der Waals surface area contributed by atoms with E-state index in [1.165, 1.54) is 10.6 Å². The van der Waals surface area contributed by atoms with Crippen molar-refractivity contribution in [3.05, 3.63) is 30.1 Å². The molecular weight excluding hydrogens is 302 g/mol. The minimum atomic E-state index is -3.21. The summed E-state index contributed by atoms with van der Waals surface area (Å²) < 4.78 is 24.9. The van der Waals surface area contributed by atoms with Crippen LogP contribution in [0.2, 0.25) is 0 Å². The van der Waals surface area contributed by atoms with Crippen molar-refractivity contribution < 1.29 is 13.2 Å². The van der Waals surface area contributed by atoms with Crippen LogP contribution < -0.4 is 5.32 Å². The highest BCUT2D eigenvalue weighted by Gasteiger charge is 2.37. The number of rotatable bonds is 6. The molecule has 0 aliphatic carbocycles. The lowest BCUT2D eigenvalue weighted by molar-refractivity contribution is -0.121. The summed E-state index contributed by atoms with van der Waals surface area (Å²) in [6, 6.07) is 3.54. The van der Waals surface area contributed by atoms with Gasteiger partial charge in [0.2, 0.25) is 15.9 Å². The lowest BCUT2D eigenvalue weighted by atomic mass is 9.98. The van der Waals surface area contributed by atoms with E-state index in [0.717, 1.165) is 18.4 Å². The largest absolute Gasteiger partial charge is 0.351 e. The zero-order valence-corrected chi connectivity index (χ0v) is 13.8. The first-order valence-electron chi connectivity index (χ1n) is 7.53. The lowest BCUT2D eigenvalue weighted by Crippen LogP contribution is -2.41. The number of carbonyl (C=O) groups is 1. The molecule has 1 amide bonds. The highest BCUT2D eigenvalue weighted by molar-refractivity contribution is 7.88. The van der Waals surface area contributed by atoms with Crippen LogP contribution in [-0.2, 0) is 21.2 Å². The third-order valence-corrected chi connectivity index (χ3v) is 5.21. The maximum absolute atomic E-state index is 12.2. The number of nitrogens with zero attached hydrogens (tertiary/aromatic N) is 2. The fourth-order valence-electron chi connectivity index (χ4n) is 2.88. The Balaban J connectivity index is 1.98. The SMILES string of the molecule is CCC[C@@H]1CN(S(C)(=O)=O)C[C@H]1NC(=O)Cc1cccnc1. The molecule has 2 heterocycles. The quantitative estimate of drug-likeness (QED) is 0.839. The van der Waals surface area contributed by atoms with Gasteiger partial charge in [-0.2, -0.15) is 4.31 Å². The van der Waals surface area contributed by atoms with Gasteiger partial charge in [-0.25, -0.2) is 8.42 Å². The molecule has 7 heteroatoms. The number of amides is 1. The highest BCUT2D eigenvalue weighted by atomic mass is 32.2. The van der Waals surface area contributed by atoms with E-state index in [0.29, 0.717) is 13.1 Å². The van der Waals surface area contributed by atoms with Crippen molar-refractivity contribution in [2.24, 2.45) is 5.92 Å². The first kappa shape index (κ1) is 16.9. The zero-order chi connectivity index (χ0) is 16.2. The molecule has 1 N–H and O–H groups in total. The Bertz CT molecular complexity index is 604. The van der Waals surface area contributed by atoms with Crippen molar-refractivity contribution in [3.8, 4) is 0 Å². The molecule has 6 nitrogen and oxygen atoms in total. The fraction of sp³-hybridized carbons (Fsp3) is 0.600. The minimum absolute atomic E-state index is 0.0885. The first-order valence-corrected chi connectivity index (χ1v) is 9.38. The van der Waals surface area contributed by atoms with Crippen LogP contribution in [0.3, 0.4) is 0 Å². The van der Waals surface area contributed by atoms with Crippen LogP contribution in [0.25, 0.3) is 0 Å². The maximum atomic E-state index is 12.2. The second-order valence-corrected chi connectivity index (χ2v) is 7.82. The minimum Gasteiger partial charge on any atom is -0.351 e. The van der Waals surface area contributed by atoms with E-state index >= 15 is 0 Å². The molecule has 1 aromatic rings. The molecule has 1 aromatic heterocycles. The summed E-state index contributed by atoms with van der Waals surface area (Å²) in [7, 11) is -3.21. The van der Waals surface area contributed by atoms with E-state index in [9.17, 15) is 13.2 Å². The number of aromatic nitrogens is 1. The molecule has 22 heavy (non-hydrogen) atoms. The molecule has 122 valence electrons. The third-order valence-electron chi connectivity index (χ3n) is 3.97. The van der Waals surface area contributed by atoms with Crippen LogP contribution in [0.15, 0.2) is 24.5 Å². The average Bonchev–Trinajstić information content (AvgIpc) is 2.83. The summed E-state index contributed by atoms with van der Waals surface area (Å²) in [4.78, 5) is 16.2. The van der Waals surface area contributed by atoms with Crippen molar-refractivity contribution in [2.45, 2.75) is 32.2 Å². The number of nitrogens with one attached hydrogen (secondary N) is 1. The van der Waals surface area contributed by atoms with Crippen molar-refractivity contribution in [1.82, 2.24) is 14.6 Å². The van der Waals surface area contributed by atoms with Crippen LogP contribution in [0, 0.1) is 5.92 Å². The number of sulfonamides is 1. The van der Waals surface area contributed by atoms with E-state index in [2.05, 4.69) is 17.2 Å². The highest BCUT2D eigenvalue weighted by Crippen LogP contribution is 2.23. The average molecular weight is 325 g/mol. The standard InChI is InChI=1S/C15H23N3O3S/c1-3-5-13-10-18(22(2,20)21)11-14(13)17-15(19)8-12-6-4-7-16-9-12/h4,6-7,9,13-14H,3,5,8,10-11H2,1-2H3,(H,17,19)/t13-,14-/m1/s1. The zero-order valence-electron chi connectivity index (χ0n) is 13.0. The lowest BCUT2D eigenvalue weighted by Gasteiger charge is -2.19.